The van der Waals surface area contributed by atoms with Crippen LogP contribution in [0.2, 0.25) is 0 Å². The number of esters is 1. The number of amides is 1. The maximum absolute atomic E-state index is 13.5. The van der Waals surface area contributed by atoms with E-state index in [-0.39, 0.29) is 29.4 Å². The molecule has 0 aromatic heterocycles. The molecule has 0 unspecified atom stereocenters. The van der Waals surface area contributed by atoms with E-state index in [1.54, 1.807) is 73.7 Å². The second-order valence-electron chi connectivity index (χ2n) is 7.71. The third-order valence-corrected chi connectivity index (χ3v) is 7.07. The summed E-state index contributed by atoms with van der Waals surface area (Å²) < 4.78 is 38.9. The summed E-state index contributed by atoms with van der Waals surface area (Å²) in [5.74, 6) is -0.763. The number of nitrogens with one attached hydrogen (secondary N) is 1. The number of anilines is 2. The van der Waals surface area contributed by atoms with E-state index in [0.717, 1.165) is 5.56 Å². The number of ether oxygens (including phenoxy) is 2. The van der Waals surface area contributed by atoms with Gasteiger partial charge in [-0.15, -0.1) is 0 Å². The molecular weight excluding hydrogens is 456 g/mol. The fourth-order valence-electron chi connectivity index (χ4n) is 3.56. The summed E-state index contributed by atoms with van der Waals surface area (Å²) >= 11 is 0. The predicted octanol–water partition coefficient (Wildman–Crippen LogP) is 3.77. The third-order valence-electron chi connectivity index (χ3n) is 5.28. The van der Waals surface area contributed by atoms with Crippen molar-refractivity contribution >= 4 is 33.3 Å². The lowest BCUT2D eigenvalue weighted by Crippen LogP contribution is -2.48. The predicted molar refractivity (Wildman–Crippen MR) is 128 cm³/mol. The van der Waals surface area contributed by atoms with Crippen LogP contribution in [0, 0.1) is 6.92 Å². The van der Waals surface area contributed by atoms with Crippen LogP contribution in [0.1, 0.15) is 22.8 Å². The smallest absolute Gasteiger partial charge is 0.338 e. The maximum Gasteiger partial charge on any atom is 0.338 e. The lowest BCUT2D eigenvalue weighted by Gasteiger charge is -2.34. The second-order valence-corrected chi connectivity index (χ2v) is 9.58. The number of fused-ring (bicyclic) bond motifs is 1. The third kappa shape index (κ3) is 4.74. The maximum atomic E-state index is 13.5. The van der Waals surface area contributed by atoms with Crippen molar-refractivity contribution in [1.29, 1.82) is 0 Å². The molecule has 1 amide bonds. The summed E-state index contributed by atoms with van der Waals surface area (Å²) in [5.41, 5.74) is 1.95. The quantitative estimate of drug-likeness (QED) is 0.539. The largest absolute Gasteiger partial charge is 0.476 e. The topological polar surface area (TPSA) is 102 Å². The summed E-state index contributed by atoms with van der Waals surface area (Å²) in [4.78, 5) is 25.2. The molecule has 0 fully saturated rings. The second kappa shape index (κ2) is 9.56. The number of hydrogen-bond donors (Lipinski definition) is 1. The molecule has 1 aliphatic heterocycles. The Bertz CT molecular complexity index is 1320. The first-order chi connectivity index (χ1) is 16.3. The number of nitrogens with zero attached hydrogens (tertiary/aromatic N) is 1. The van der Waals surface area contributed by atoms with Gasteiger partial charge in [0.25, 0.3) is 15.9 Å². The number of para-hydroxylation sites is 2. The zero-order valence-corrected chi connectivity index (χ0v) is 19.5. The molecule has 1 heterocycles. The van der Waals surface area contributed by atoms with Crippen LogP contribution in [0.4, 0.5) is 11.4 Å². The Morgan fingerprint density at radius 1 is 1.06 bits per heavy atom. The van der Waals surface area contributed by atoms with Crippen LogP contribution in [0.25, 0.3) is 0 Å². The van der Waals surface area contributed by atoms with Crippen LogP contribution in [0.3, 0.4) is 0 Å². The van der Waals surface area contributed by atoms with Crippen molar-refractivity contribution in [2.24, 2.45) is 0 Å². The Labute approximate surface area is 198 Å². The number of aryl methyl sites for hydroxylation is 1. The van der Waals surface area contributed by atoms with Gasteiger partial charge in [0.2, 0.25) is 0 Å². The van der Waals surface area contributed by atoms with Crippen molar-refractivity contribution < 1.29 is 27.5 Å². The number of carbonyl (C=O) groups is 2. The summed E-state index contributed by atoms with van der Waals surface area (Å²) in [5, 5.41) is 2.71. The van der Waals surface area contributed by atoms with Crippen LogP contribution in [-0.2, 0) is 19.6 Å². The van der Waals surface area contributed by atoms with Crippen LogP contribution in [0.5, 0.6) is 5.75 Å². The number of hydrogen-bond acceptors (Lipinski definition) is 6. The SMILES string of the molecule is CCOC(=O)c1cccc(NC(=O)[C@@H]2CN(S(=O)(=O)c3ccc(C)cc3)c3ccccc3O2)c1. The lowest BCUT2D eigenvalue weighted by atomic mass is 10.2. The highest BCUT2D eigenvalue weighted by molar-refractivity contribution is 7.92. The average molecular weight is 481 g/mol. The van der Waals surface area contributed by atoms with Gasteiger partial charge in [-0.2, -0.15) is 0 Å². The van der Waals surface area contributed by atoms with E-state index >= 15 is 0 Å². The molecule has 8 nitrogen and oxygen atoms in total. The van der Waals surface area contributed by atoms with Crippen LogP contribution < -0.4 is 14.4 Å². The number of benzene rings is 3. The molecule has 0 bridgehead atoms. The molecular formula is C25H24N2O6S. The van der Waals surface area contributed by atoms with Crippen LogP contribution >= 0.6 is 0 Å². The molecule has 176 valence electrons. The van der Waals surface area contributed by atoms with Gasteiger partial charge >= 0.3 is 5.97 Å². The van der Waals surface area contributed by atoms with Gasteiger partial charge in [-0.3, -0.25) is 9.10 Å². The Morgan fingerprint density at radius 2 is 1.79 bits per heavy atom. The Hall–Kier alpha value is -3.85. The standard InChI is InChI=1S/C25H24N2O6S/c1-3-32-25(29)18-7-6-8-19(15-18)26-24(28)23-16-27(21-9-4-5-10-22(21)33-23)34(30,31)20-13-11-17(2)12-14-20/h4-15,23H,3,16H2,1-2H3,(H,26,28)/t23-/m0/s1. The average Bonchev–Trinajstić information content (AvgIpc) is 2.84. The van der Waals surface area contributed by atoms with E-state index in [1.165, 1.54) is 10.4 Å². The monoisotopic (exact) mass is 480 g/mol. The van der Waals surface area contributed by atoms with Crippen molar-refractivity contribution in [2.75, 3.05) is 22.8 Å². The van der Waals surface area contributed by atoms with E-state index < -0.39 is 28.0 Å². The van der Waals surface area contributed by atoms with Crippen molar-refractivity contribution in [2.45, 2.75) is 24.8 Å². The first-order valence-corrected chi connectivity index (χ1v) is 12.2. The molecule has 3 aromatic rings. The van der Waals surface area contributed by atoms with E-state index in [9.17, 15) is 18.0 Å². The molecule has 0 radical (unpaired) electrons. The van der Waals surface area contributed by atoms with E-state index in [1.807, 2.05) is 6.92 Å². The van der Waals surface area contributed by atoms with Crippen molar-refractivity contribution in [3.8, 4) is 5.75 Å². The van der Waals surface area contributed by atoms with Gasteiger partial charge in [0.15, 0.2) is 6.10 Å². The molecule has 0 saturated heterocycles. The van der Waals surface area contributed by atoms with Gasteiger partial charge in [0.05, 0.1) is 29.3 Å². The highest BCUT2D eigenvalue weighted by Gasteiger charge is 2.37. The zero-order valence-electron chi connectivity index (χ0n) is 18.7. The molecule has 9 heteroatoms. The Morgan fingerprint density at radius 3 is 2.53 bits per heavy atom. The zero-order chi connectivity index (χ0) is 24.3. The molecule has 3 aromatic carbocycles. The summed E-state index contributed by atoms with van der Waals surface area (Å²) in [6.45, 7) is 3.60. The van der Waals surface area contributed by atoms with Crippen molar-refractivity contribution in [1.82, 2.24) is 0 Å². The minimum absolute atomic E-state index is 0.121. The first-order valence-electron chi connectivity index (χ1n) is 10.7. The molecule has 0 saturated carbocycles. The molecule has 34 heavy (non-hydrogen) atoms. The minimum Gasteiger partial charge on any atom is -0.476 e. The van der Waals surface area contributed by atoms with Crippen molar-refractivity contribution in [3.63, 3.8) is 0 Å². The Kier molecular flexibility index (Phi) is 6.56. The van der Waals surface area contributed by atoms with E-state index in [2.05, 4.69) is 5.32 Å². The van der Waals surface area contributed by atoms with Gasteiger partial charge in [-0.1, -0.05) is 35.9 Å². The molecule has 1 atom stereocenters. The number of rotatable bonds is 6. The highest BCUT2D eigenvalue weighted by atomic mass is 32.2. The van der Waals surface area contributed by atoms with Crippen molar-refractivity contribution in [3.05, 3.63) is 83.9 Å². The van der Waals surface area contributed by atoms with E-state index in [0.29, 0.717) is 11.4 Å². The molecule has 4 rings (SSSR count). The number of carbonyl (C=O) groups excluding carboxylic acids is 2. The molecule has 1 aliphatic rings. The Balaban J connectivity index is 1.61. The summed E-state index contributed by atoms with van der Waals surface area (Å²) in [6.07, 6.45) is -1.11. The normalized spacial score (nSPS) is 15.1. The fourth-order valence-corrected chi connectivity index (χ4v) is 5.04. The molecule has 1 N–H and O–H groups in total. The molecule has 0 aliphatic carbocycles. The van der Waals surface area contributed by atoms with Gasteiger partial charge in [0.1, 0.15) is 5.75 Å². The minimum atomic E-state index is -3.94. The van der Waals surface area contributed by atoms with Crippen LogP contribution in [0.15, 0.2) is 77.7 Å². The number of sulfonamides is 1. The molecule has 0 spiro atoms. The summed E-state index contributed by atoms with van der Waals surface area (Å²) in [7, 11) is -3.94. The van der Waals surface area contributed by atoms with Crippen LogP contribution in [-0.4, -0.2) is 39.5 Å². The highest BCUT2D eigenvalue weighted by Crippen LogP contribution is 2.37. The van der Waals surface area contributed by atoms with Gasteiger partial charge in [-0.05, 0) is 56.3 Å². The fraction of sp³-hybridized carbons (Fsp3) is 0.200. The first kappa shape index (κ1) is 23.3. The van der Waals surface area contributed by atoms with Gasteiger partial charge in [-0.25, -0.2) is 13.2 Å². The van der Waals surface area contributed by atoms with Gasteiger partial charge < -0.3 is 14.8 Å². The lowest BCUT2D eigenvalue weighted by molar-refractivity contribution is -0.122. The summed E-state index contributed by atoms with van der Waals surface area (Å²) in [6, 6.07) is 19.5. The van der Waals surface area contributed by atoms with Gasteiger partial charge in [0, 0.05) is 5.69 Å². The van der Waals surface area contributed by atoms with E-state index in [4.69, 9.17) is 9.47 Å².